The predicted molar refractivity (Wildman–Crippen MR) is 71.7 cm³/mol. The molecular formula is C13H22F2N4O. The van der Waals surface area contributed by atoms with Gasteiger partial charge in [-0.1, -0.05) is 0 Å². The Morgan fingerprint density at radius 3 is 3.10 bits per heavy atom. The number of hydrogen-bond donors (Lipinski definition) is 1. The van der Waals surface area contributed by atoms with Gasteiger partial charge in [0, 0.05) is 38.6 Å². The van der Waals surface area contributed by atoms with E-state index >= 15 is 0 Å². The Balaban J connectivity index is 1.96. The van der Waals surface area contributed by atoms with Crippen LogP contribution in [0.4, 0.5) is 8.78 Å². The third-order valence-electron chi connectivity index (χ3n) is 3.58. The van der Waals surface area contributed by atoms with E-state index < -0.39 is 6.55 Å². The van der Waals surface area contributed by atoms with Crippen molar-refractivity contribution in [3.63, 3.8) is 0 Å². The minimum Gasteiger partial charge on any atom is -0.383 e. The van der Waals surface area contributed by atoms with E-state index in [2.05, 4.69) is 15.2 Å². The molecule has 1 aromatic rings. The van der Waals surface area contributed by atoms with E-state index in [0.29, 0.717) is 31.6 Å². The van der Waals surface area contributed by atoms with Crippen molar-refractivity contribution >= 4 is 0 Å². The van der Waals surface area contributed by atoms with E-state index in [0.717, 1.165) is 24.1 Å². The molecule has 0 radical (unpaired) electrons. The maximum absolute atomic E-state index is 12.8. The van der Waals surface area contributed by atoms with Gasteiger partial charge < -0.3 is 10.1 Å². The summed E-state index contributed by atoms with van der Waals surface area (Å²) in [5, 5.41) is 3.42. The summed E-state index contributed by atoms with van der Waals surface area (Å²) in [5.74, 6) is 0.397. The number of nitrogens with one attached hydrogen (secondary N) is 1. The first kappa shape index (κ1) is 15.3. The molecule has 7 heteroatoms. The van der Waals surface area contributed by atoms with Crippen molar-refractivity contribution < 1.29 is 13.5 Å². The second-order valence-electron chi connectivity index (χ2n) is 5.05. The molecule has 1 N–H and O–H groups in total. The molecule has 2 rings (SSSR count). The fourth-order valence-corrected chi connectivity index (χ4v) is 2.52. The van der Waals surface area contributed by atoms with Crippen molar-refractivity contribution in [1.82, 2.24) is 19.8 Å². The molecule has 0 aliphatic carbocycles. The van der Waals surface area contributed by atoms with Gasteiger partial charge in [-0.2, -0.15) is 8.78 Å². The Hall–Kier alpha value is -1.05. The fourth-order valence-electron chi connectivity index (χ4n) is 2.52. The fraction of sp³-hybridized carbons (Fsp3) is 0.769. The van der Waals surface area contributed by atoms with Crippen LogP contribution < -0.4 is 5.32 Å². The Bertz CT molecular complexity index is 393. The lowest BCUT2D eigenvalue weighted by atomic mass is 10.2. The third-order valence-corrected chi connectivity index (χ3v) is 3.58. The molecule has 1 unspecified atom stereocenters. The second kappa shape index (κ2) is 7.66. The zero-order valence-corrected chi connectivity index (χ0v) is 11.8. The summed E-state index contributed by atoms with van der Waals surface area (Å²) in [4.78, 5) is 6.16. The monoisotopic (exact) mass is 288 g/mol. The van der Waals surface area contributed by atoms with Crippen LogP contribution in [0.15, 0.2) is 12.4 Å². The largest absolute Gasteiger partial charge is 0.383 e. The minimum absolute atomic E-state index is 0.397. The number of hydrogen-bond acceptors (Lipinski definition) is 4. The van der Waals surface area contributed by atoms with Gasteiger partial charge in [-0.15, -0.1) is 0 Å². The average molecular weight is 288 g/mol. The molecule has 0 spiro atoms. The first-order chi connectivity index (χ1) is 9.70. The zero-order chi connectivity index (χ0) is 14.4. The quantitative estimate of drug-likeness (QED) is 0.787. The summed E-state index contributed by atoms with van der Waals surface area (Å²) < 4.78 is 31.7. The summed E-state index contributed by atoms with van der Waals surface area (Å²) in [5.41, 5.74) is 0. The van der Waals surface area contributed by atoms with Crippen LogP contribution in [0.25, 0.3) is 0 Å². The van der Waals surface area contributed by atoms with Gasteiger partial charge in [-0.3, -0.25) is 9.47 Å². The number of nitrogens with zero attached hydrogens (tertiary/aromatic N) is 3. The summed E-state index contributed by atoms with van der Waals surface area (Å²) >= 11 is 0. The van der Waals surface area contributed by atoms with Crippen molar-refractivity contribution in [2.24, 2.45) is 0 Å². The van der Waals surface area contributed by atoms with E-state index in [9.17, 15) is 8.78 Å². The first-order valence-corrected chi connectivity index (χ1v) is 6.95. The van der Waals surface area contributed by atoms with Crippen LogP contribution in [0, 0.1) is 0 Å². The van der Waals surface area contributed by atoms with Gasteiger partial charge in [-0.05, 0) is 19.4 Å². The van der Waals surface area contributed by atoms with Gasteiger partial charge in [0.25, 0.3) is 0 Å². The lowest BCUT2D eigenvalue weighted by molar-refractivity contribution is 0.0622. The van der Waals surface area contributed by atoms with E-state index in [1.807, 2.05) is 0 Å². The van der Waals surface area contributed by atoms with Crippen molar-refractivity contribution in [2.45, 2.75) is 32.0 Å². The Kier molecular flexibility index (Phi) is 5.87. The molecule has 0 bridgehead atoms. The topological polar surface area (TPSA) is 42.3 Å². The highest BCUT2D eigenvalue weighted by Gasteiger charge is 2.20. The molecule has 114 valence electrons. The maximum Gasteiger partial charge on any atom is 0.319 e. The SMILES string of the molecule is COCCN(Cc1nccn1C(F)F)CC1CCCN1. The molecule has 1 saturated heterocycles. The van der Waals surface area contributed by atoms with E-state index in [1.165, 1.54) is 18.8 Å². The van der Waals surface area contributed by atoms with Gasteiger partial charge in [0.1, 0.15) is 5.82 Å². The van der Waals surface area contributed by atoms with Gasteiger partial charge in [0.05, 0.1) is 13.2 Å². The molecule has 1 aliphatic rings. The van der Waals surface area contributed by atoms with Crippen LogP contribution >= 0.6 is 0 Å². The van der Waals surface area contributed by atoms with Crippen molar-refractivity contribution in [3.8, 4) is 0 Å². The molecule has 2 heterocycles. The van der Waals surface area contributed by atoms with Crippen LogP contribution in [0.5, 0.6) is 0 Å². The predicted octanol–water partition coefficient (Wildman–Crippen LogP) is 1.48. The molecule has 1 atom stereocenters. The number of imidazole rings is 1. The first-order valence-electron chi connectivity index (χ1n) is 6.95. The highest BCUT2D eigenvalue weighted by atomic mass is 19.3. The Morgan fingerprint density at radius 2 is 2.45 bits per heavy atom. The number of ether oxygens (including phenoxy) is 1. The molecule has 1 fully saturated rings. The van der Waals surface area contributed by atoms with E-state index in [-0.39, 0.29) is 0 Å². The standard InChI is InChI=1S/C13H22F2N4O/c1-20-8-7-18(9-11-3-2-4-16-11)10-12-17-5-6-19(12)13(14)15/h5-6,11,13,16H,2-4,7-10H2,1H3. The number of methoxy groups -OCH3 is 1. The molecule has 1 aliphatic heterocycles. The molecule has 0 saturated carbocycles. The Labute approximate surface area is 117 Å². The summed E-state index contributed by atoms with van der Waals surface area (Å²) in [6.45, 7) is 1.04. The molecule has 5 nitrogen and oxygen atoms in total. The second-order valence-corrected chi connectivity index (χ2v) is 5.05. The highest BCUT2D eigenvalue weighted by Crippen LogP contribution is 2.15. The number of rotatable bonds is 8. The third kappa shape index (κ3) is 4.22. The van der Waals surface area contributed by atoms with Crippen molar-refractivity contribution in [1.29, 1.82) is 0 Å². The Morgan fingerprint density at radius 1 is 1.60 bits per heavy atom. The normalized spacial score (nSPS) is 19.4. The van der Waals surface area contributed by atoms with Crippen molar-refractivity contribution in [2.75, 3.05) is 33.4 Å². The summed E-state index contributed by atoms with van der Waals surface area (Å²) in [7, 11) is 1.64. The zero-order valence-electron chi connectivity index (χ0n) is 11.8. The van der Waals surface area contributed by atoms with Crippen molar-refractivity contribution in [3.05, 3.63) is 18.2 Å². The minimum atomic E-state index is -2.54. The van der Waals surface area contributed by atoms with Crippen LogP contribution in [0.3, 0.4) is 0 Å². The van der Waals surface area contributed by atoms with Gasteiger partial charge in [0.15, 0.2) is 0 Å². The van der Waals surface area contributed by atoms with Gasteiger partial charge >= 0.3 is 6.55 Å². The van der Waals surface area contributed by atoms with E-state index in [1.54, 1.807) is 7.11 Å². The smallest absolute Gasteiger partial charge is 0.319 e. The number of alkyl halides is 2. The summed E-state index contributed by atoms with van der Waals surface area (Å²) in [6, 6.07) is 0.432. The van der Waals surface area contributed by atoms with Crippen LogP contribution in [0.1, 0.15) is 25.2 Å². The van der Waals surface area contributed by atoms with Gasteiger partial charge in [-0.25, -0.2) is 4.98 Å². The lowest BCUT2D eigenvalue weighted by Gasteiger charge is -2.25. The van der Waals surface area contributed by atoms with Crippen LogP contribution in [-0.2, 0) is 11.3 Å². The molecule has 1 aromatic heterocycles. The lowest BCUT2D eigenvalue weighted by Crippen LogP contribution is -2.39. The highest BCUT2D eigenvalue weighted by molar-refractivity contribution is 4.93. The average Bonchev–Trinajstić information content (AvgIpc) is 3.07. The van der Waals surface area contributed by atoms with E-state index in [4.69, 9.17) is 4.74 Å². The molecule has 0 amide bonds. The van der Waals surface area contributed by atoms with Crippen LogP contribution in [0.2, 0.25) is 0 Å². The molecule has 20 heavy (non-hydrogen) atoms. The van der Waals surface area contributed by atoms with Gasteiger partial charge in [0.2, 0.25) is 0 Å². The maximum atomic E-state index is 12.8. The number of halogens is 2. The molecule has 0 aromatic carbocycles. The molecular weight excluding hydrogens is 266 g/mol. The summed E-state index contributed by atoms with van der Waals surface area (Å²) in [6.07, 6.45) is 5.05. The number of aromatic nitrogens is 2. The van der Waals surface area contributed by atoms with Crippen LogP contribution in [-0.4, -0.2) is 53.8 Å².